The van der Waals surface area contributed by atoms with E-state index < -0.39 is 10.0 Å². The zero-order chi connectivity index (χ0) is 21.0. The molecule has 2 unspecified atom stereocenters. The number of sulfonamides is 1. The summed E-state index contributed by atoms with van der Waals surface area (Å²) in [6.45, 7) is 3.48. The Morgan fingerprint density at radius 2 is 1.79 bits per heavy atom. The Labute approximate surface area is 172 Å². The first-order valence-corrected chi connectivity index (χ1v) is 11.1. The van der Waals surface area contributed by atoms with Crippen molar-refractivity contribution >= 4 is 27.3 Å². The number of hydrogen-bond acceptors (Lipinski definition) is 5. The molecule has 156 valence electrons. The molecule has 1 aliphatic rings. The van der Waals surface area contributed by atoms with Crippen LogP contribution in [0.25, 0.3) is 0 Å². The van der Waals surface area contributed by atoms with Crippen molar-refractivity contribution in [2.24, 2.45) is 0 Å². The molecule has 1 fully saturated rings. The number of rotatable bonds is 7. The number of carbonyl (C=O) groups excluding carboxylic acids is 1. The van der Waals surface area contributed by atoms with Crippen molar-refractivity contribution in [3.05, 3.63) is 54.6 Å². The Morgan fingerprint density at radius 3 is 2.48 bits per heavy atom. The SMILES string of the molecule is CC(C(=O)Nc1cccc(S(=O)(=O)N(C)C)c1)N1CCC(Nc2ccccc2)C1. The van der Waals surface area contributed by atoms with Crippen molar-refractivity contribution in [2.45, 2.75) is 30.3 Å². The van der Waals surface area contributed by atoms with E-state index in [0.29, 0.717) is 11.7 Å². The van der Waals surface area contributed by atoms with E-state index in [2.05, 4.69) is 15.5 Å². The van der Waals surface area contributed by atoms with Crippen LogP contribution >= 0.6 is 0 Å². The highest BCUT2D eigenvalue weighted by molar-refractivity contribution is 7.89. The van der Waals surface area contributed by atoms with E-state index in [1.807, 2.05) is 37.3 Å². The second kappa shape index (κ2) is 8.94. The van der Waals surface area contributed by atoms with Gasteiger partial charge in [-0.1, -0.05) is 24.3 Å². The van der Waals surface area contributed by atoms with E-state index in [9.17, 15) is 13.2 Å². The summed E-state index contributed by atoms with van der Waals surface area (Å²) in [5.74, 6) is -0.148. The lowest BCUT2D eigenvalue weighted by atomic mass is 10.2. The minimum Gasteiger partial charge on any atom is -0.381 e. The molecule has 3 rings (SSSR count). The number of nitrogens with zero attached hydrogens (tertiary/aromatic N) is 2. The lowest BCUT2D eigenvalue weighted by Gasteiger charge is -2.24. The van der Waals surface area contributed by atoms with Crippen LogP contribution in [0.5, 0.6) is 0 Å². The first-order chi connectivity index (χ1) is 13.8. The Balaban J connectivity index is 1.60. The van der Waals surface area contributed by atoms with Crippen LogP contribution in [0, 0.1) is 0 Å². The van der Waals surface area contributed by atoms with E-state index in [1.54, 1.807) is 12.1 Å². The van der Waals surface area contributed by atoms with Crippen molar-refractivity contribution in [1.29, 1.82) is 0 Å². The summed E-state index contributed by atoms with van der Waals surface area (Å²) in [6.07, 6.45) is 0.961. The second-order valence-corrected chi connectivity index (χ2v) is 9.62. The van der Waals surface area contributed by atoms with E-state index in [0.717, 1.165) is 29.5 Å². The van der Waals surface area contributed by atoms with Crippen LogP contribution in [0.2, 0.25) is 0 Å². The molecule has 1 amide bonds. The van der Waals surface area contributed by atoms with E-state index >= 15 is 0 Å². The number of hydrogen-bond donors (Lipinski definition) is 2. The molecule has 2 N–H and O–H groups in total. The van der Waals surface area contributed by atoms with Gasteiger partial charge in [-0.2, -0.15) is 0 Å². The minimum atomic E-state index is -3.54. The van der Waals surface area contributed by atoms with Crippen molar-refractivity contribution in [2.75, 3.05) is 37.8 Å². The average molecular weight is 417 g/mol. The van der Waals surface area contributed by atoms with Gasteiger partial charge >= 0.3 is 0 Å². The molecule has 0 bridgehead atoms. The Hall–Kier alpha value is -2.42. The first kappa shape index (κ1) is 21.3. The molecule has 0 saturated carbocycles. The zero-order valence-corrected chi connectivity index (χ0v) is 17.8. The predicted octanol–water partition coefficient (Wildman–Crippen LogP) is 2.45. The van der Waals surface area contributed by atoms with Gasteiger partial charge in [0, 0.05) is 44.6 Å². The molecule has 1 heterocycles. The molecule has 2 atom stereocenters. The van der Waals surface area contributed by atoms with Crippen molar-refractivity contribution in [1.82, 2.24) is 9.21 Å². The van der Waals surface area contributed by atoms with E-state index in [-0.39, 0.29) is 16.8 Å². The summed E-state index contributed by atoms with van der Waals surface area (Å²) in [5.41, 5.74) is 1.55. The van der Waals surface area contributed by atoms with Crippen LogP contribution in [-0.2, 0) is 14.8 Å². The standard InChI is InChI=1S/C21H28N4O3S/c1-16(25-13-12-19(15-25)22-17-8-5-4-6-9-17)21(26)23-18-10-7-11-20(14-18)29(27,28)24(2)3/h4-11,14,16,19,22H,12-13,15H2,1-3H3,(H,23,26). The summed E-state index contributed by atoms with van der Waals surface area (Å²) < 4.78 is 25.7. The molecule has 0 spiro atoms. The van der Waals surface area contributed by atoms with Crippen molar-refractivity contribution < 1.29 is 13.2 Å². The van der Waals surface area contributed by atoms with Gasteiger partial charge in [0.15, 0.2) is 0 Å². The fourth-order valence-electron chi connectivity index (χ4n) is 3.38. The fraction of sp³-hybridized carbons (Fsp3) is 0.381. The van der Waals surface area contributed by atoms with Crippen LogP contribution in [-0.4, -0.2) is 62.8 Å². The molecule has 2 aromatic rings. The summed E-state index contributed by atoms with van der Waals surface area (Å²) in [5, 5.41) is 6.35. The topological polar surface area (TPSA) is 81.8 Å². The predicted molar refractivity (Wildman–Crippen MR) is 115 cm³/mol. The summed E-state index contributed by atoms with van der Waals surface area (Å²) in [6, 6.07) is 16.4. The number of amides is 1. The Bertz CT molecular complexity index is 947. The monoisotopic (exact) mass is 416 g/mol. The van der Waals surface area contributed by atoms with Gasteiger partial charge in [-0.05, 0) is 43.7 Å². The number of anilines is 2. The van der Waals surface area contributed by atoms with Crippen molar-refractivity contribution in [3.8, 4) is 0 Å². The van der Waals surface area contributed by atoms with Gasteiger partial charge in [0.25, 0.3) is 0 Å². The molecule has 2 aromatic carbocycles. The van der Waals surface area contributed by atoms with Gasteiger partial charge in [-0.25, -0.2) is 12.7 Å². The van der Waals surface area contributed by atoms with Gasteiger partial charge in [-0.15, -0.1) is 0 Å². The average Bonchev–Trinajstić information content (AvgIpc) is 3.16. The lowest BCUT2D eigenvalue weighted by Crippen LogP contribution is -2.41. The molecule has 1 saturated heterocycles. The maximum absolute atomic E-state index is 12.7. The van der Waals surface area contributed by atoms with Crippen molar-refractivity contribution in [3.63, 3.8) is 0 Å². The quantitative estimate of drug-likeness (QED) is 0.725. The number of carbonyl (C=O) groups is 1. The van der Waals surface area contributed by atoms with E-state index in [4.69, 9.17) is 0 Å². The highest BCUT2D eigenvalue weighted by Crippen LogP contribution is 2.21. The van der Waals surface area contributed by atoms with Gasteiger partial charge in [0.2, 0.25) is 15.9 Å². The summed E-state index contributed by atoms with van der Waals surface area (Å²) in [4.78, 5) is 15.0. The molecule has 0 aliphatic carbocycles. The maximum atomic E-state index is 12.7. The fourth-order valence-corrected chi connectivity index (χ4v) is 4.33. The Morgan fingerprint density at radius 1 is 1.10 bits per heavy atom. The molecule has 0 radical (unpaired) electrons. The summed E-state index contributed by atoms with van der Waals surface area (Å²) >= 11 is 0. The third-order valence-electron chi connectivity index (χ3n) is 5.17. The second-order valence-electron chi connectivity index (χ2n) is 7.47. The number of benzene rings is 2. The largest absolute Gasteiger partial charge is 0.381 e. The zero-order valence-electron chi connectivity index (χ0n) is 17.0. The normalized spacial score (nSPS) is 18.6. The summed E-state index contributed by atoms with van der Waals surface area (Å²) in [7, 11) is -0.581. The van der Waals surface area contributed by atoms with Gasteiger partial charge < -0.3 is 10.6 Å². The van der Waals surface area contributed by atoms with Crippen LogP contribution in [0.4, 0.5) is 11.4 Å². The minimum absolute atomic E-state index is 0.148. The smallest absolute Gasteiger partial charge is 0.242 e. The van der Waals surface area contributed by atoms with E-state index in [1.165, 1.54) is 26.2 Å². The molecular weight excluding hydrogens is 388 g/mol. The van der Waals surface area contributed by atoms with Gasteiger partial charge in [0.1, 0.15) is 0 Å². The van der Waals surface area contributed by atoms with Crippen LogP contribution in [0.3, 0.4) is 0 Å². The maximum Gasteiger partial charge on any atom is 0.242 e. The molecule has 1 aliphatic heterocycles. The van der Waals surface area contributed by atoms with Crippen LogP contribution in [0.15, 0.2) is 59.5 Å². The third-order valence-corrected chi connectivity index (χ3v) is 6.98. The number of nitrogens with one attached hydrogen (secondary N) is 2. The molecule has 8 heteroatoms. The number of para-hydroxylation sites is 1. The first-order valence-electron chi connectivity index (χ1n) is 9.66. The highest BCUT2D eigenvalue weighted by Gasteiger charge is 2.29. The molecular formula is C21H28N4O3S. The third kappa shape index (κ3) is 5.14. The molecule has 7 nitrogen and oxygen atoms in total. The highest BCUT2D eigenvalue weighted by atomic mass is 32.2. The lowest BCUT2D eigenvalue weighted by molar-refractivity contribution is -0.120. The van der Waals surface area contributed by atoms with Gasteiger partial charge in [-0.3, -0.25) is 9.69 Å². The van der Waals surface area contributed by atoms with Gasteiger partial charge in [0.05, 0.1) is 10.9 Å². The number of likely N-dealkylation sites (tertiary alicyclic amines) is 1. The Kier molecular flexibility index (Phi) is 6.56. The molecule has 29 heavy (non-hydrogen) atoms. The molecule has 0 aromatic heterocycles. The van der Waals surface area contributed by atoms with Crippen LogP contribution in [0.1, 0.15) is 13.3 Å². The van der Waals surface area contributed by atoms with Crippen LogP contribution < -0.4 is 10.6 Å².